The highest BCUT2D eigenvalue weighted by molar-refractivity contribution is 7.89. The molecule has 0 aliphatic carbocycles. The smallest absolute Gasteiger partial charge is 0.243 e. The van der Waals surface area contributed by atoms with Crippen molar-refractivity contribution in [1.29, 1.82) is 0 Å². The van der Waals surface area contributed by atoms with Gasteiger partial charge in [-0.05, 0) is 68.5 Å². The van der Waals surface area contributed by atoms with Gasteiger partial charge in [-0.2, -0.15) is 4.31 Å². The summed E-state index contributed by atoms with van der Waals surface area (Å²) in [5.74, 6) is -0.00375. The average Bonchev–Trinajstić information content (AvgIpc) is 3.33. The van der Waals surface area contributed by atoms with Gasteiger partial charge < -0.3 is 10.2 Å². The molecule has 0 bridgehead atoms. The Hall–Kier alpha value is -2.78. The maximum atomic E-state index is 13.4. The first kappa shape index (κ1) is 21.5. The van der Waals surface area contributed by atoms with E-state index in [1.165, 1.54) is 17.3 Å². The highest BCUT2D eigenvalue weighted by atomic mass is 32.2. The predicted octanol–water partition coefficient (Wildman–Crippen LogP) is 2.48. The summed E-state index contributed by atoms with van der Waals surface area (Å²) >= 11 is 0. The summed E-state index contributed by atoms with van der Waals surface area (Å²) in [6, 6.07) is 7.67. The summed E-state index contributed by atoms with van der Waals surface area (Å²) in [6.45, 7) is 5.57. The van der Waals surface area contributed by atoms with Gasteiger partial charge in [-0.15, -0.1) is 0 Å². The zero-order valence-electron chi connectivity index (χ0n) is 17.8. The number of amides is 2. The molecule has 0 saturated carbocycles. The third kappa shape index (κ3) is 3.83. The number of benzene rings is 1. The number of rotatable bonds is 4. The van der Waals surface area contributed by atoms with E-state index in [1.54, 1.807) is 29.3 Å². The molecule has 1 saturated heterocycles. The molecule has 0 spiro atoms. The van der Waals surface area contributed by atoms with Gasteiger partial charge in [0, 0.05) is 31.4 Å². The normalized spacial score (nSPS) is 21.2. The van der Waals surface area contributed by atoms with E-state index >= 15 is 0 Å². The van der Waals surface area contributed by atoms with Crippen molar-refractivity contribution in [3.05, 3.63) is 47.7 Å². The Morgan fingerprint density at radius 1 is 1.23 bits per heavy atom. The predicted molar refractivity (Wildman–Crippen MR) is 117 cm³/mol. The van der Waals surface area contributed by atoms with Crippen LogP contribution in [-0.4, -0.2) is 48.1 Å². The molecule has 2 amide bonds. The lowest BCUT2D eigenvalue weighted by atomic mass is 10.1. The highest BCUT2D eigenvalue weighted by Gasteiger charge is 2.40. The van der Waals surface area contributed by atoms with Crippen LogP contribution < -0.4 is 10.2 Å². The highest BCUT2D eigenvalue weighted by Crippen LogP contribution is 2.35. The molecule has 164 valence electrons. The van der Waals surface area contributed by atoms with Crippen molar-refractivity contribution in [3.8, 4) is 0 Å². The molecule has 9 heteroatoms. The molecule has 31 heavy (non-hydrogen) atoms. The molecule has 4 rings (SSSR count). The van der Waals surface area contributed by atoms with E-state index in [2.05, 4.69) is 10.3 Å². The van der Waals surface area contributed by atoms with Crippen LogP contribution in [0.25, 0.3) is 0 Å². The minimum atomic E-state index is -3.86. The van der Waals surface area contributed by atoms with Gasteiger partial charge in [0.05, 0.1) is 4.90 Å². The van der Waals surface area contributed by atoms with Crippen LogP contribution in [0, 0.1) is 6.92 Å². The van der Waals surface area contributed by atoms with E-state index in [0.29, 0.717) is 25.1 Å². The molecule has 1 aromatic carbocycles. The minimum absolute atomic E-state index is 0.0163. The molecule has 1 fully saturated rings. The fourth-order valence-electron chi connectivity index (χ4n) is 4.49. The molecule has 0 radical (unpaired) electrons. The van der Waals surface area contributed by atoms with Gasteiger partial charge in [0.1, 0.15) is 11.9 Å². The summed E-state index contributed by atoms with van der Waals surface area (Å²) in [5.41, 5.74) is 2.39. The third-order valence-electron chi connectivity index (χ3n) is 5.97. The first-order valence-corrected chi connectivity index (χ1v) is 11.8. The van der Waals surface area contributed by atoms with Gasteiger partial charge >= 0.3 is 0 Å². The number of hydrogen-bond acceptors (Lipinski definition) is 5. The Kier molecular flexibility index (Phi) is 5.57. The topological polar surface area (TPSA) is 99.7 Å². The second-order valence-electron chi connectivity index (χ2n) is 8.16. The molecule has 3 heterocycles. The van der Waals surface area contributed by atoms with Crippen LogP contribution in [0.1, 0.15) is 37.8 Å². The molecule has 2 aliphatic heterocycles. The molecule has 8 nitrogen and oxygen atoms in total. The van der Waals surface area contributed by atoms with Gasteiger partial charge in [-0.1, -0.05) is 6.07 Å². The van der Waals surface area contributed by atoms with Gasteiger partial charge in [-0.25, -0.2) is 13.4 Å². The number of nitrogens with one attached hydrogen (secondary N) is 1. The zero-order chi connectivity index (χ0) is 22.3. The lowest BCUT2D eigenvalue weighted by Gasteiger charge is -2.24. The van der Waals surface area contributed by atoms with Crippen LogP contribution in [0.2, 0.25) is 0 Å². The summed E-state index contributed by atoms with van der Waals surface area (Å²) in [5, 5.41) is 2.77. The average molecular weight is 443 g/mol. The van der Waals surface area contributed by atoms with Crippen LogP contribution in [0.4, 0.5) is 11.5 Å². The van der Waals surface area contributed by atoms with E-state index in [-0.39, 0.29) is 29.3 Å². The van der Waals surface area contributed by atoms with Crippen LogP contribution in [0.5, 0.6) is 0 Å². The number of aryl methyl sites for hydroxylation is 1. The monoisotopic (exact) mass is 442 g/mol. The van der Waals surface area contributed by atoms with Crippen LogP contribution in [0.3, 0.4) is 0 Å². The van der Waals surface area contributed by atoms with Crippen molar-refractivity contribution in [2.75, 3.05) is 16.8 Å². The van der Waals surface area contributed by atoms with Gasteiger partial charge in [0.25, 0.3) is 0 Å². The standard InChI is InChI=1S/C22H26N4O4S/c1-14-6-4-10-23-21(14)24-22(28)20-7-5-11-25(20)31(29,30)18-8-9-19-17(13-18)12-15(2)26(19)16(3)27/h4,6,8-10,13,15,20H,5,7,11-12H2,1-3H3,(H,23,24,28)/t15-,20+/m0/s1. The Bertz CT molecular complexity index is 1150. The van der Waals surface area contributed by atoms with Gasteiger partial charge in [-0.3, -0.25) is 9.59 Å². The molecular formula is C22H26N4O4S. The summed E-state index contributed by atoms with van der Waals surface area (Å²) in [7, 11) is -3.86. The van der Waals surface area contributed by atoms with E-state index in [0.717, 1.165) is 16.8 Å². The second-order valence-corrected chi connectivity index (χ2v) is 10.1. The molecule has 0 unspecified atom stereocenters. The maximum absolute atomic E-state index is 13.4. The quantitative estimate of drug-likeness (QED) is 0.784. The van der Waals surface area contributed by atoms with E-state index in [9.17, 15) is 18.0 Å². The van der Waals surface area contributed by atoms with Crippen molar-refractivity contribution in [1.82, 2.24) is 9.29 Å². The van der Waals surface area contributed by atoms with Crippen molar-refractivity contribution in [2.24, 2.45) is 0 Å². The Morgan fingerprint density at radius 2 is 2.00 bits per heavy atom. The van der Waals surface area contributed by atoms with Crippen LogP contribution in [-0.2, 0) is 26.0 Å². The third-order valence-corrected chi connectivity index (χ3v) is 7.87. The molecule has 2 atom stereocenters. The summed E-state index contributed by atoms with van der Waals surface area (Å²) in [4.78, 5) is 30.9. The number of nitrogens with zero attached hydrogens (tertiary/aromatic N) is 3. The van der Waals surface area contributed by atoms with E-state index < -0.39 is 16.1 Å². The Balaban J connectivity index is 1.60. The molecule has 1 N–H and O–H groups in total. The summed E-state index contributed by atoms with van der Waals surface area (Å²) < 4.78 is 28.1. The number of aromatic nitrogens is 1. The zero-order valence-corrected chi connectivity index (χ0v) is 18.6. The first-order chi connectivity index (χ1) is 14.7. The van der Waals surface area contributed by atoms with Crippen molar-refractivity contribution in [3.63, 3.8) is 0 Å². The molecule has 1 aromatic heterocycles. The number of pyridine rings is 1. The number of hydrogen-bond donors (Lipinski definition) is 1. The fraction of sp³-hybridized carbons (Fsp3) is 0.409. The number of carbonyl (C=O) groups is 2. The number of anilines is 2. The number of fused-ring (bicyclic) bond motifs is 1. The van der Waals surface area contributed by atoms with E-state index in [4.69, 9.17) is 0 Å². The Labute approximate surface area is 182 Å². The first-order valence-electron chi connectivity index (χ1n) is 10.4. The van der Waals surface area contributed by atoms with Gasteiger partial charge in [0.2, 0.25) is 21.8 Å². The second kappa shape index (κ2) is 8.05. The minimum Gasteiger partial charge on any atom is -0.309 e. The number of sulfonamides is 1. The number of carbonyl (C=O) groups excluding carboxylic acids is 2. The Morgan fingerprint density at radius 3 is 2.71 bits per heavy atom. The molecule has 2 aromatic rings. The van der Waals surface area contributed by atoms with Crippen molar-refractivity contribution in [2.45, 2.75) is 57.0 Å². The van der Waals surface area contributed by atoms with Crippen molar-refractivity contribution < 1.29 is 18.0 Å². The molecule has 2 aliphatic rings. The van der Waals surface area contributed by atoms with Gasteiger partial charge in [0.15, 0.2) is 0 Å². The molecular weight excluding hydrogens is 416 g/mol. The maximum Gasteiger partial charge on any atom is 0.243 e. The largest absolute Gasteiger partial charge is 0.309 e. The van der Waals surface area contributed by atoms with E-state index in [1.807, 2.05) is 19.9 Å². The van der Waals surface area contributed by atoms with Crippen LogP contribution in [0.15, 0.2) is 41.4 Å². The lowest BCUT2D eigenvalue weighted by molar-refractivity contribution is -0.119. The SMILES string of the molecule is CC(=O)N1c2ccc(S(=O)(=O)N3CCC[C@@H]3C(=O)Nc3ncccc3C)cc2C[C@@H]1C. The summed E-state index contributed by atoms with van der Waals surface area (Å²) in [6.07, 6.45) is 3.25. The van der Waals surface area contributed by atoms with Crippen LogP contribution >= 0.6 is 0 Å². The lowest BCUT2D eigenvalue weighted by Crippen LogP contribution is -2.43. The fourth-order valence-corrected chi connectivity index (χ4v) is 6.20. The van der Waals surface area contributed by atoms with Crippen molar-refractivity contribution >= 4 is 33.3 Å².